The first-order chi connectivity index (χ1) is 14.1. The highest BCUT2D eigenvalue weighted by Crippen LogP contribution is 2.22. The van der Waals surface area contributed by atoms with Gasteiger partial charge in [0, 0.05) is 51.1 Å². The predicted octanol–water partition coefficient (Wildman–Crippen LogP) is 3.59. The molecule has 2 aromatic carbocycles. The molecule has 0 bridgehead atoms. The van der Waals surface area contributed by atoms with Crippen molar-refractivity contribution < 1.29 is 14.3 Å². The quantitative estimate of drug-likeness (QED) is 0.695. The van der Waals surface area contributed by atoms with E-state index in [2.05, 4.69) is 24.4 Å². The average molecular weight is 396 g/mol. The number of urea groups is 1. The highest BCUT2D eigenvalue weighted by Gasteiger charge is 2.27. The van der Waals surface area contributed by atoms with Gasteiger partial charge in [-0.3, -0.25) is 9.69 Å². The molecular formula is C23H29N3O3. The minimum atomic E-state index is -0.112. The van der Waals surface area contributed by atoms with Crippen molar-refractivity contribution in [3.05, 3.63) is 65.2 Å². The highest BCUT2D eigenvalue weighted by atomic mass is 16.5. The Morgan fingerprint density at radius 3 is 2.59 bits per heavy atom. The molecule has 0 spiro atoms. The van der Waals surface area contributed by atoms with Crippen molar-refractivity contribution in [3.8, 4) is 0 Å². The van der Waals surface area contributed by atoms with Crippen LogP contribution >= 0.6 is 0 Å². The number of benzene rings is 2. The molecule has 154 valence electrons. The zero-order chi connectivity index (χ0) is 20.6. The minimum absolute atomic E-state index is 0.0104. The zero-order valence-corrected chi connectivity index (χ0v) is 17.2. The van der Waals surface area contributed by atoms with E-state index in [0.29, 0.717) is 31.8 Å². The summed E-state index contributed by atoms with van der Waals surface area (Å²) < 4.78 is 4.98. The van der Waals surface area contributed by atoms with Gasteiger partial charge in [-0.1, -0.05) is 24.3 Å². The van der Waals surface area contributed by atoms with Crippen LogP contribution in [0.5, 0.6) is 0 Å². The number of carbonyl (C=O) groups is 2. The Hall–Kier alpha value is -2.86. The number of anilines is 1. The second kappa shape index (κ2) is 10.1. The summed E-state index contributed by atoms with van der Waals surface area (Å²) in [5, 5.41) is 2.87. The lowest BCUT2D eigenvalue weighted by atomic mass is 10.1. The number of carbonyl (C=O) groups excluding carboxylic acids is 2. The Balaban J connectivity index is 1.63. The van der Waals surface area contributed by atoms with Gasteiger partial charge in [-0.25, -0.2) is 4.79 Å². The van der Waals surface area contributed by atoms with E-state index >= 15 is 0 Å². The summed E-state index contributed by atoms with van der Waals surface area (Å²) in [6.45, 7) is 5.32. The van der Waals surface area contributed by atoms with Crippen molar-refractivity contribution in [2.45, 2.75) is 26.3 Å². The lowest BCUT2D eigenvalue weighted by molar-refractivity contribution is 0.0948. The smallest absolute Gasteiger partial charge is 0.324 e. The third-order valence-electron chi connectivity index (χ3n) is 5.19. The summed E-state index contributed by atoms with van der Waals surface area (Å²) in [5.74, 6) is -0.112. The molecule has 3 amide bonds. The second-order valence-corrected chi connectivity index (χ2v) is 7.28. The van der Waals surface area contributed by atoms with Gasteiger partial charge >= 0.3 is 6.03 Å². The third-order valence-corrected chi connectivity index (χ3v) is 5.19. The first-order valence-corrected chi connectivity index (χ1v) is 10.1. The van der Waals surface area contributed by atoms with Gasteiger partial charge < -0.3 is 15.0 Å². The van der Waals surface area contributed by atoms with Gasteiger partial charge in [-0.05, 0) is 55.2 Å². The standard InChI is InChI=1S/C23H29N3O3/c1-18-7-3-4-8-20(18)17-25-14-6-15-26(23(25)28)21-11-9-19(10-12-21)22(27)24-13-5-16-29-2/h3-4,7-12H,5-6,13-17H2,1-2H3,(H,24,27). The van der Waals surface area contributed by atoms with Crippen molar-refractivity contribution in [1.29, 1.82) is 0 Å². The molecule has 0 radical (unpaired) electrons. The fourth-order valence-corrected chi connectivity index (χ4v) is 3.47. The molecular weight excluding hydrogens is 366 g/mol. The molecule has 6 heteroatoms. The third kappa shape index (κ3) is 5.35. The van der Waals surface area contributed by atoms with Crippen LogP contribution in [0.4, 0.5) is 10.5 Å². The molecule has 0 unspecified atom stereocenters. The Kier molecular flexibility index (Phi) is 7.25. The predicted molar refractivity (Wildman–Crippen MR) is 114 cm³/mol. The summed E-state index contributed by atoms with van der Waals surface area (Å²) in [7, 11) is 1.64. The van der Waals surface area contributed by atoms with E-state index in [1.165, 1.54) is 11.1 Å². The number of hydrogen-bond donors (Lipinski definition) is 1. The zero-order valence-electron chi connectivity index (χ0n) is 17.2. The van der Waals surface area contributed by atoms with Crippen LogP contribution in [-0.2, 0) is 11.3 Å². The van der Waals surface area contributed by atoms with E-state index in [1.54, 1.807) is 24.1 Å². The van der Waals surface area contributed by atoms with Crippen LogP contribution in [0.3, 0.4) is 0 Å². The Morgan fingerprint density at radius 2 is 1.86 bits per heavy atom. The molecule has 2 aromatic rings. The largest absolute Gasteiger partial charge is 0.385 e. The number of methoxy groups -OCH3 is 1. The fourth-order valence-electron chi connectivity index (χ4n) is 3.47. The normalized spacial score (nSPS) is 14.2. The van der Waals surface area contributed by atoms with Crippen molar-refractivity contribution in [2.75, 3.05) is 38.3 Å². The summed E-state index contributed by atoms with van der Waals surface area (Å²) in [5.41, 5.74) is 3.77. The monoisotopic (exact) mass is 395 g/mol. The van der Waals surface area contributed by atoms with Gasteiger partial charge in [0.05, 0.1) is 0 Å². The maximum absolute atomic E-state index is 13.0. The SMILES string of the molecule is COCCCNC(=O)c1ccc(N2CCCN(Cc3ccccc3C)C2=O)cc1. The fraction of sp³-hybridized carbons (Fsp3) is 0.391. The maximum atomic E-state index is 13.0. The van der Waals surface area contributed by atoms with E-state index in [-0.39, 0.29) is 11.9 Å². The molecule has 0 atom stereocenters. The van der Waals surface area contributed by atoms with Gasteiger partial charge in [-0.2, -0.15) is 0 Å². The first-order valence-electron chi connectivity index (χ1n) is 10.1. The van der Waals surface area contributed by atoms with Crippen LogP contribution in [0.2, 0.25) is 0 Å². The Bertz CT molecular complexity index is 836. The van der Waals surface area contributed by atoms with Crippen molar-refractivity contribution in [3.63, 3.8) is 0 Å². The van der Waals surface area contributed by atoms with Crippen LogP contribution in [0.15, 0.2) is 48.5 Å². The van der Waals surface area contributed by atoms with Gasteiger partial charge in [0.2, 0.25) is 0 Å². The number of amides is 3. The summed E-state index contributed by atoms with van der Waals surface area (Å²) in [6, 6.07) is 15.4. The molecule has 1 saturated heterocycles. The van der Waals surface area contributed by atoms with E-state index in [0.717, 1.165) is 25.1 Å². The number of nitrogens with one attached hydrogen (secondary N) is 1. The lowest BCUT2D eigenvalue weighted by Crippen LogP contribution is -2.49. The van der Waals surface area contributed by atoms with E-state index in [9.17, 15) is 9.59 Å². The lowest BCUT2D eigenvalue weighted by Gasteiger charge is -2.36. The molecule has 0 saturated carbocycles. The molecule has 3 rings (SSSR count). The topological polar surface area (TPSA) is 61.9 Å². The van der Waals surface area contributed by atoms with Crippen LogP contribution in [0.25, 0.3) is 0 Å². The van der Waals surface area contributed by atoms with Gasteiger partial charge in [0.25, 0.3) is 5.91 Å². The minimum Gasteiger partial charge on any atom is -0.385 e. The molecule has 1 aliphatic rings. The Morgan fingerprint density at radius 1 is 1.10 bits per heavy atom. The maximum Gasteiger partial charge on any atom is 0.324 e. The van der Waals surface area contributed by atoms with Crippen molar-refractivity contribution >= 4 is 17.6 Å². The molecule has 6 nitrogen and oxygen atoms in total. The highest BCUT2D eigenvalue weighted by molar-refractivity contribution is 5.96. The summed E-state index contributed by atoms with van der Waals surface area (Å²) >= 11 is 0. The van der Waals surface area contributed by atoms with Gasteiger partial charge in [-0.15, -0.1) is 0 Å². The van der Waals surface area contributed by atoms with Crippen LogP contribution in [0.1, 0.15) is 34.3 Å². The van der Waals surface area contributed by atoms with Crippen LogP contribution < -0.4 is 10.2 Å². The van der Waals surface area contributed by atoms with Crippen molar-refractivity contribution in [1.82, 2.24) is 10.2 Å². The molecule has 0 aliphatic carbocycles. The number of aryl methyl sites for hydroxylation is 1. The van der Waals surface area contributed by atoms with Gasteiger partial charge in [0.15, 0.2) is 0 Å². The van der Waals surface area contributed by atoms with E-state index in [4.69, 9.17) is 4.74 Å². The van der Waals surface area contributed by atoms with E-state index in [1.807, 2.05) is 29.2 Å². The molecule has 1 fully saturated rings. The molecule has 1 aliphatic heterocycles. The van der Waals surface area contributed by atoms with E-state index < -0.39 is 0 Å². The summed E-state index contributed by atoms with van der Waals surface area (Å²) in [6.07, 6.45) is 1.69. The van der Waals surface area contributed by atoms with Crippen LogP contribution in [-0.4, -0.2) is 50.2 Å². The molecule has 1 heterocycles. The molecule has 0 aromatic heterocycles. The number of hydrogen-bond acceptors (Lipinski definition) is 3. The number of nitrogens with zero attached hydrogens (tertiary/aromatic N) is 2. The number of rotatable bonds is 8. The Labute approximate surface area is 172 Å². The average Bonchev–Trinajstić information content (AvgIpc) is 2.74. The first kappa shape index (κ1) is 20.9. The molecule has 1 N–H and O–H groups in total. The number of ether oxygens (including phenoxy) is 1. The summed E-state index contributed by atoms with van der Waals surface area (Å²) in [4.78, 5) is 28.9. The molecule has 29 heavy (non-hydrogen) atoms. The van der Waals surface area contributed by atoms with Crippen molar-refractivity contribution in [2.24, 2.45) is 0 Å². The second-order valence-electron chi connectivity index (χ2n) is 7.28. The van der Waals surface area contributed by atoms with Crippen LogP contribution in [0, 0.1) is 6.92 Å². The van der Waals surface area contributed by atoms with Gasteiger partial charge in [0.1, 0.15) is 0 Å².